The molecule has 0 atom stereocenters. The molecule has 0 radical (unpaired) electrons. The lowest BCUT2D eigenvalue weighted by molar-refractivity contribution is 0.0739. The number of anilines is 2. The smallest absolute Gasteiger partial charge is 0.274 e. The van der Waals surface area contributed by atoms with Crippen LogP contribution < -0.4 is 9.80 Å². The molecule has 28 heavy (non-hydrogen) atoms. The molecule has 0 N–H and O–H groups in total. The number of hydrogen-bond donors (Lipinski definition) is 0. The molecule has 4 rings (SSSR count). The minimum Gasteiger partial charge on any atom is -0.378 e. The minimum absolute atomic E-state index is 0.0775. The van der Waals surface area contributed by atoms with Crippen LogP contribution in [-0.4, -0.2) is 83.2 Å². The number of nitrogens with zero attached hydrogens (tertiary/aromatic N) is 7. The van der Waals surface area contributed by atoms with E-state index in [2.05, 4.69) is 24.8 Å². The molecule has 9 heteroatoms. The van der Waals surface area contributed by atoms with Gasteiger partial charge in [0.05, 0.1) is 25.1 Å². The molecular weight excluding hydrogens is 358 g/mol. The Morgan fingerprint density at radius 1 is 0.893 bits per heavy atom. The summed E-state index contributed by atoms with van der Waals surface area (Å²) in [5.41, 5.74) is 2.13. The van der Waals surface area contributed by atoms with Crippen LogP contribution >= 0.6 is 0 Å². The summed E-state index contributed by atoms with van der Waals surface area (Å²) < 4.78 is 5.43. The lowest BCUT2D eigenvalue weighted by Crippen LogP contribution is -2.49. The third-order valence-electron chi connectivity index (χ3n) is 5.01. The van der Waals surface area contributed by atoms with Crippen LogP contribution in [0.5, 0.6) is 0 Å². The molecule has 0 aliphatic carbocycles. The number of aromatic nitrogens is 4. The van der Waals surface area contributed by atoms with Crippen molar-refractivity contribution in [3.63, 3.8) is 0 Å². The predicted octanol–water partition coefficient (Wildman–Crippen LogP) is 0.682. The van der Waals surface area contributed by atoms with Crippen molar-refractivity contribution >= 4 is 17.7 Å². The Morgan fingerprint density at radius 3 is 2.32 bits per heavy atom. The Balaban J connectivity index is 1.42. The number of aryl methyl sites for hydroxylation is 2. The average molecular weight is 383 g/mol. The Morgan fingerprint density at radius 2 is 1.64 bits per heavy atom. The first-order valence-electron chi connectivity index (χ1n) is 9.61. The van der Waals surface area contributed by atoms with Crippen molar-refractivity contribution in [2.75, 3.05) is 62.3 Å². The van der Waals surface area contributed by atoms with Gasteiger partial charge in [-0.3, -0.25) is 9.78 Å². The van der Waals surface area contributed by atoms with Gasteiger partial charge in [0, 0.05) is 57.2 Å². The van der Waals surface area contributed by atoms with E-state index in [4.69, 9.17) is 9.72 Å². The summed E-state index contributed by atoms with van der Waals surface area (Å²) in [6.45, 7) is 9.58. The number of rotatable bonds is 3. The average Bonchev–Trinajstić information content (AvgIpc) is 2.74. The Kier molecular flexibility index (Phi) is 5.34. The molecule has 0 saturated carbocycles. The van der Waals surface area contributed by atoms with Gasteiger partial charge in [-0.05, 0) is 13.8 Å². The maximum Gasteiger partial charge on any atom is 0.274 e. The molecule has 4 heterocycles. The number of amides is 1. The fraction of sp³-hybridized carbons (Fsp3) is 0.526. The Labute approximate surface area is 164 Å². The van der Waals surface area contributed by atoms with Crippen LogP contribution in [0.2, 0.25) is 0 Å². The summed E-state index contributed by atoms with van der Waals surface area (Å²) >= 11 is 0. The highest BCUT2D eigenvalue weighted by atomic mass is 16.5. The van der Waals surface area contributed by atoms with Crippen LogP contribution in [0.15, 0.2) is 18.5 Å². The van der Waals surface area contributed by atoms with E-state index in [0.29, 0.717) is 31.9 Å². The summed E-state index contributed by atoms with van der Waals surface area (Å²) in [6, 6.07) is 2.02. The van der Waals surface area contributed by atoms with E-state index in [9.17, 15) is 4.79 Å². The number of carbonyl (C=O) groups is 1. The zero-order valence-corrected chi connectivity index (χ0v) is 16.3. The first-order valence-corrected chi connectivity index (χ1v) is 9.61. The molecule has 0 unspecified atom stereocenters. The largest absolute Gasteiger partial charge is 0.378 e. The summed E-state index contributed by atoms with van der Waals surface area (Å²) in [4.78, 5) is 36.6. The van der Waals surface area contributed by atoms with Crippen LogP contribution in [0.4, 0.5) is 11.8 Å². The summed E-state index contributed by atoms with van der Waals surface area (Å²) in [6.07, 6.45) is 3.17. The SMILES string of the molecule is Cc1cnc(C(=O)N2CCN(c3nc(C)cc(N4CCOCC4)n3)CC2)cn1. The van der Waals surface area contributed by atoms with Crippen molar-refractivity contribution < 1.29 is 9.53 Å². The van der Waals surface area contributed by atoms with E-state index >= 15 is 0 Å². The topological polar surface area (TPSA) is 87.6 Å². The van der Waals surface area contributed by atoms with Crippen LogP contribution in [0.1, 0.15) is 21.9 Å². The lowest BCUT2D eigenvalue weighted by Gasteiger charge is -2.35. The second-order valence-electron chi connectivity index (χ2n) is 7.09. The summed E-state index contributed by atoms with van der Waals surface area (Å²) in [5.74, 6) is 1.59. The zero-order valence-electron chi connectivity index (χ0n) is 16.3. The number of hydrogen-bond acceptors (Lipinski definition) is 8. The van der Waals surface area contributed by atoms with E-state index in [1.54, 1.807) is 12.4 Å². The van der Waals surface area contributed by atoms with E-state index in [1.807, 2.05) is 24.8 Å². The van der Waals surface area contributed by atoms with Gasteiger partial charge in [0.2, 0.25) is 5.95 Å². The molecule has 0 spiro atoms. The van der Waals surface area contributed by atoms with Gasteiger partial charge < -0.3 is 19.4 Å². The second kappa shape index (κ2) is 8.05. The molecule has 2 aromatic heterocycles. The van der Waals surface area contributed by atoms with Gasteiger partial charge >= 0.3 is 0 Å². The normalized spacial score (nSPS) is 17.7. The first kappa shape index (κ1) is 18.5. The summed E-state index contributed by atoms with van der Waals surface area (Å²) in [7, 11) is 0. The van der Waals surface area contributed by atoms with Gasteiger partial charge in [-0.2, -0.15) is 4.98 Å². The number of morpholine rings is 1. The molecule has 2 aliphatic rings. The number of piperazine rings is 1. The lowest BCUT2D eigenvalue weighted by atomic mass is 10.3. The maximum absolute atomic E-state index is 12.6. The third-order valence-corrected chi connectivity index (χ3v) is 5.01. The third kappa shape index (κ3) is 4.04. The van der Waals surface area contributed by atoms with Gasteiger partial charge in [-0.15, -0.1) is 0 Å². The van der Waals surface area contributed by atoms with Crippen molar-refractivity contribution in [3.05, 3.63) is 35.5 Å². The molecule has 0 bridgehead atoms. The van der Waals surface area contributed by atoms with Crippen molar-refractivity contribution in [2.45, 2.75) is 13.8 Å². The fourth-order valence-electron chi connectivity index (χ4n) is 3.41. The van der Waals surface area contributed by atoms with E-state index in [0.717, 1.165) is 49.5 Å². The van der Waals surface area contributed by atoms with Crippen LogP contribution in [0, 0.1) is 13.8 Å². The van der Waals surface area contributed by atoms with Crippen LogP contribution in [0.3, 0.4) is 0 Å². The van der Waals surface area contributed by atoms with Crippen LogP contribution in [-0.2, 0) is 4.74 Å². The van der Waals surface area contributed by atoms with Crippen LogP contribution in [0.25, 0.3) is 0 Å². The molecule has 9 nitrogen and oxygen atoms in total. The molecule has 0 aromatic carbocycles. The Bertz CT molecular complexity index is 829. The van der Waals surface area contributed by atoms with E-state index in [-0.39, 0.29) is 5.91 Å². The zero-order chi connectivity index (χ0) is 19.5. The molecule has 2 aromatic rings. The molecule has 1 amide bonds. The van der Waals surface area contributed by atoms with Gasteiger partial charge in [-0.25, -0.2) is 9.97 Å². The van der Waals surface area contributed by atoms with Crippen molar-refractivity contribution in [2.24, 2.45) is 0 Å². The maximum atomic E-state index is 12.6. The standard InChI is InChI=1S/C19H25N7O2/c1-14-11-17(24-7-9-28-10-8-24)23-19(22-14)26-5-3-25(4-6-26)18(27)16-13-20-15(2)12-21-16/h11-13H,3-10H2,1-2H3. The molecular formula is C19H25N7O2. The highest BCUT2D eigenvalue weighted by Gasteiger charge is 2.25. The van der Waals surface area contributed by atoms with E-state index < -0.39 is 0 Å². The number of carbonyl (C=O) groups excluding carboxylic acids is 1. The summed E-state index contributed by atoms with van der Waals surface area (Å²) in [5, 5.41) is 0. The van der Waals surface area contributed by atoms with E-state index in [1.165, 1.54) is 0 Å². The first-order chi connectivity index (χ1) is 13.6. The highest BCUT2D eigenvalue weighted by molar-refractivity contribution is 5.92. The predicted molar refractivity (Wildman–Crippen MR) is 105 cm³/mol. The van der Waals surface area contributed by atoms with Gasteiger partial charge in [0.1, 0.15) is 11.5 Å². The number of ether oxygens (including phenoxy) is 1. The van der Waals surface area contributed by atoms with Gasteiger partial charge in [-0.1, -0.05) is 0 Å². The van der Waals surface area contributed by atoms with Gasteiger partial charge in [0.25, 0.3) is 5.91 Å². The van der Waals surface area contributed by atoms with Crippen molar-refractivity contribution in [1.29, 1.82) is 0 Å². The molecule has 2 aliphatic heterocycles. The molecule has 2 saturated heterocycles. The van der Waals surface area contributed by atoms with Gasteiger partial charge in [0.15, 0.2) is 0 Å². The molecule has 2 fully saturated rings. The second-order valence-corrected chi connectivity index (χ2v) is 7.09. The molecule has 148 valence electrons. The quantitative estimate of drug-likeness (QED) is 0.765. The Hall–Kier alpha value is -2.81. The monoisotopic (exact) mass is 383 g/mol. The minimum atomic E-state index is -0.0775. The highest BCUT2D eigenvalue weighted by Crippen LogP contribution is 2.20. The van der Waals surface area contributed by atoms with Crippen molar-refractivity contribution in [3.8, 4) is 0 Å². The fourth-order valence-corrected chi connectivity index (χ4v) is 3.41. The van der Waals surface area contributed by atoms with Crippen molar-refractivity contribution in [1.82, 2.24) is 24.8 Å².